The number of rotatable bonds is 3. The van der Waals surface area contributed by atoms with Crippen LogP contribution in [0.15, 0.2) is 0 Å². The van der Waals surface area contributed by atoms with E-state index in [1.54, 1.807) is 0 Å². The van der Waals surface area contributed by atoms with Crippen LogP contribution in [0.1, 0.15) is 38.5 Å². The van der Waals surface area contributed by atoms with E-state index in [9.17, 15) is 0 Å². The van der Waals surface area contributed by atoms with Gasteiger partial charge >= 0.3 is 0 Å². The van der Waals surface area contributed by atoms with E-state index in [2.05, 4.69) is 0 Å². The molecular weight excluding hydrogens is 162 g/mol. The SMILES string of the molecule is NC(CC1CCC1)C1CCCOC1. The molecule has 2 atom stereocenters. The van der Waals surface area contributed by atoms with E-state index in [0.717, 1.165) is 19.1 Å². The molecule has 13 heavy (non-hydrogen) atoms. The number of hydrogen-bond acceptors (Lipinski definition) is 2. The van der Waals surface area contributed by atoms with Crippen LogP contribution >= 0.6 is 0 Å². The predicted octanol–water partition coefficient (Wildman–Crippen LogP) is 1.93. The van der Waals surface area contributed by atoms with Crippen molar-refractivity contribution in [3.05, 3.63) is 0 Å². The van der Waals surface area contributed by atoms with E-state index in [1.807, 2.05) is 0 Å². The van der Waals surface area contributed by atoms with Gasteiger partial charge in [-0.25, -0.2) is 0 Å². The summed E-state index contributed by atoms with van der Waals surface area (Å²) in [4.78, 5) is 0. The van der Waals surface area contributed by atoms with E-state index in [0.29, 0.717) is 12.0 Å². The van der Waals surface area contributed by atoms with E-state index < -0.39 is 0 Å². The van der Waals surface area contributed by atoms with Crippen LogP contribution < -0.4 is 5.73 Å². The largest absolute Gasteiger partial charge is 0.381 e. The summed E-state index contributed by atoms with van der Waals surface area (Å²) in [7, 11) is 0. The fourth-order valence-electron chi connectivity index (χ4n) is 2.41. The van der Waals surface area contributed by atoms with Crippen LogP contribution in [0.2, 0.25) is 0 Å². The van der Waals surface area contributed by atoms with Gasteiger partial charge in [-0.15, -0.1) is 0 Å². The first-order valence-electron chi connectivity index (χ1n) is 5.69. The summed E-state index contributed by atoms with van der Waals surface area (Å²) in [6.07, 6.45) is 8.01. The second kappa shape index (κ2) is 4.43. The Morgan fingerprint density at radius 1 is 1.23 bits per heavy atom. The molecule has 2 rings (SSSR count). The first-order chi connectivity index (χ1) is 6.36. The Labute approximate surface area is 80.8 Å². The first kappa shape index (κ1) is 9.47. The monoisotopic (exact) mass is 183 g/mol. The van der Waals surface area contributed by atoms with E-state index in [4.69, 9.17) is 10.5 Å². The molecule has 1 saturated heterocycles. The maximum absolute atomic E-state index is 6.18. The normalized spacial score (nSPS) is 32.5. The van der Waals surface area contributed by atoms with Gasteiger partial charge in [-0.2, -0.15) is 0 Å². The predicted molar refractivity (Wildman–Crippen MR) is 53.5 cm³/mol. The molecular formula is C11H21NO. The fraction of sp³-hybridized carbons (Fsp3) is 1.00. The molecule has 0 amide bonds. The zero-order valence-electron chi connectivity index (χ0n) is 8.37. The molecule has 0 aromatic heterocycles. The molecule has 2 N–H and O–H groups in total. The van der Waals surface area contributed by atoms with Crippen LogP contribution in [0, 0.1) is 11.8 Å². The van der Waals surface area contributed by atoms with E-state index in [1.165, 1.54) is 38.5 Å². The molecule has 0 aromatic rings. The Bertz CT molecular complexity index is 150. The van der Waals surface area contributed by atoms with Crippen LogP contribution in [-0.4, -0.2) is 19.3 Å². The van der Waals surface area contributed by atoms with Gasteiger partial charge in [0.05, 0.1) is 6.61 Å². The standard InChI is InChI=1S/C11H21NO/c12-11(7-9-3-1-4-9)10-5-2-6-13-8-10/h9-11H,1-8,12H2. The molecule has 0 spiro atoms. The number of nitrogens with two attached hydrogens (primary N) is 1. The Morgan fingerprint density at radius 3 is 2.62 bits per heavy atom. The third kappa shape index (κ3) is 2.44. The summed E-state index contributed by atoms with van der Waals surface area (Å²) in [5.41, 5.74) is 6.18. The van der Waals surface area contributed by atoms with Gasteiger partial charge in [0.1, 0.15) is 0 Å². The lowest BCUT2D eigenvalue weighted by molar-refractivity contribution is 0.0393. The van der Waals surface area contributed by atoms with E-state index >= 15 is 0 Å². The highest BCUT2D eigenvalue weighted by molar-refractivity contribution is 4.81. The van der Waals surface area contributed by atoms with Crippen molar-refractivity contribution in [2.45, 2.75) is 44.6 Å². The summed E-state index contributed by atoms with van der Waals surface area (Å²) >= 11 is 0. The van der Waals surface area contributed by atoms with Gasteiger partial charge < -0.3 is 10.5 Å². The van der Waals surface area contributed by atoms with Crippen LogP contribution in [0.5, 0.6) is 0 Å². The first-order valence-corrected chi connectivity index (χ1v) is 5.69. The van der Waals surface area contributed by atoms with Gasteiger partial charge in [-0.3, -0.25) is 0 Å². The van der Waals surface area contributed by atoms with Crippen molar-refractivity contribution < 1.29 is 4.74 Å². The van der Waals surface area contributed by atoms with Crippen molar-refractivity contribution >= 4 is 0 Å². The van der Waals surface area contributed by atoms with Crippen molar-refractivity contribution in [2.75, 3.05) is 13.2 Å². The average molecular weight is 183 g/mol. The Balaban J connectivity index is 1.70. The summed E-state index contributed by atoms with van der Waals surface area (Å²) in [5.74, 6) is 1.59. The van der Waals surface area contributed by atoms with Crippen molar-refractivity contribution in [1.82, 2.24) is 0 Å². The lowest BCUT2D eigenvalue weighted by atomic mass is 9.78. The lowest BCUT2D eigenvalue weighted by Crippen LogP contribution is -2.38. The van der Waals surface area contributed by atoms with Gasteiger partial charge in [0.15, 0.2) is 0 Å². The van der Waals surface area contributed by atoms with Crippen LogP contribution in [0.25, 0.3) is 0 Å². The number of hydrogen-bond donors (Lipinski definition) is 1. The molecule has 2 unspecified atom stereocenters. The zero-order valence-corrected chi connectivity index (χ0v) is 8.37. The Kier molecular flexibility index (Phi) is 3.23. The minimum atomic E-state index is 0.408. The molecule has 1 saturated carbocycles. The summed E-state index contributed by atoms with van der Waals surface area (Å²) in [5, 5.41) is 0. The smallest absolute Gasteiger partial charge is 0.0509 e. The molecule has 2 fully saturated rings. The van der Waals surface area contributed by atoms with Crippen molar-refractivity contribution in [3.63, 3.8) is 0 Å². The lowest BCUT2D eigenvalue weighted by Gasteiger charge is -2.33. The Morgan fingerprint density at radius 2 is 2.08 bits per heavy atom. The second-order valence-electron chi connectivity index (χ2n) is 4.67. The molecule has 2 nitrogen and oxygen atoms in total. The third-order valence-electron chi connectivity index (χ3n) is 3.63. The van der Waals surface area contributed by atoms with Crippen LogP contribution in [-0.2, 0) is 4.74 Å². The molecule has 0 aromatic carbocycles. The molecule has 1 heterocycles. The topological polar surface area (TPSA) is 35.2 Å². The van der Waals surface area contributed by atoms with Gasteiger partial charge in [-0.05, 0) is 31.1 Å². The number of ether oxygens (including phenoxy) is 1. The average Bonchev–Trinajstić information content (AvgIpc) is 2.12. The second-order valence-corrected chi connectivity index (χ2v) is 4.67. The molecule has 76 valence electrons. The van der Waals surface area contributed by atoms with Gasteiger partial charge in [0.25, 0.3) is 0 Å². The third-order valence-corrected chi connectivity index (χ3v) is 3.63. The summed E-state index contributed by atoms with van der Waals surface area (Å²) < 4.78 is 5.46. The maximum atomic E-state index is 6.18. The molecule has 2 aliphatic rings. The summed E-state index contributed by atoms with van der Waals surface area (Å²) in [6.45, 7) is 1.86. The van der Waals surface area contributed by atoms with Crippen molar-refractivity contribution in [1.29, 1.82) is 0 Å². The van der Waals surface area contributed by atoms with Gasteiger partial charge in [0.2, 0.25) is 0 Å². The molecule has 0 radical (unpaired) electrons. The Hall–Kier alpha value is -0.0800. The minimum Gasteiger partial charge on any atom is -0.381 e. The van der Waals surface area contributed by atoms with Crippen molar-refractivity contribution in [3.8, 4) is 0 Å². The highest BCUT2D eigenvalue weighted by Crippen LogP contribution is 2.32. The van der Waals surface area contributed by atoms with E-state index in [-0.39, 0.29) is 0 Å². The highest BCUT2D eigenvalue weighted by atomic mass is 16.5. The highest BCUT2D eigenvalue weighted by Gasteiger charge is 2.26. The molecule has 2 heteroatoms. The molecule has 1 aliphatic heterocycles. The van der Waals surface area contributed by atoms with Crippen LogP contribution in [0.3, 0.4) is 0 Å². The van der Waals surface area contributed by atoms with Crippen molar-refractivity contribution in [2.24, 2.45) is 17.6 Å². The fourth-order valence-corrected chi connectivity index (χ4v) is 2.41. The zero-order chi connectivity index (χ0) is 9.10. The maximum Gasteiger partial charge on any atom is 0.0509 e. The molecule has 0 bridgehead atoms. The minimum absolute atomic E-state index is 0.408. The summed E-state index contributed by atoms with van der Waals surface area (Å²) in [6, 6.07) is 0.408. The van der Waals surface area contributed by atoms with Crippen LogP contribution in [0.4, 0.5) is 0 Å². The van der Waals surface area contributed by atoms with Gasteiger partial charge in [-0.1, -0.05) is 19.3 Å². The quantitative estimate of drug-likeness (QED) is 0.725. The van der Waals surface area contributed by atoms with Gasteiger partial charge in [0, 0.05) is 12.6 Å². The molecule has 1 aliphatic carbocycles.